The number of carbonyl (C=O) groups excluding carboxylic acids is 2. The number of ether oxygens (including phenoxy) is 1. The molecule has 0 aliphatic heterocycles. The molecule has 0 bridgehead atoms. The van der Waals surface area contributed by atoms with E-state index in [9.17, 15) is 9.59 Å². The van der Waals surface area contributed by atoms with E-state index in [0.29, 0.717) is 11.4 Å². The van der Waals surface area contributed by atoms with Crippen LogP contribution < -0.4 is 0 Å². The monoisotopic (exact) mass is 332 g/mol. The molecule has 0 radical (unpaired) electrons. The van der Waals surface area contributed by atoms with Crippen molar-refractivity contribution in [3.63, 3.8) is 0 Å². The number of Topliss-reactive ketones (excluding diaryl/α,β-unsaturated/α-hetero) is 1. The number of alkyl halides is 1. The average molecular weight is 334 g/mol. The summed E-state index contributed by atoms with van der Waals surface area (Å²) in [6, 6.07) is 7.12. The molecule has 0 aliphatic rings. The van der Waals surface area contributed by atoms with Crippen molar-refractivity contribution < 1.29 is 14.3 Å². The third-order valence-corrected chi connectivity index (χ3v) is 3.15. The normalized spacial score (nSPS) is 12.3. The predicted octanol–water partition coefficient (Wildman–Crippen LogP) is 3.17. The van der Waals surface area contributed by atoms with Crippen molar-refractivity contribution in [3.05, 3.63) is 34.9 Å². The zero-order valence-electron chi connectivity index (χ0n) is 10.2. The van der Waals surface area contributed by atoms with Crippen LogP contribution in [0.3, 0.4) is 0 Å². The average Bonchev–Trinajstić information content (AvgIpc) is 2.30. The van der Waals surface area contributed by atoms with E-state index in [-0.39, 0.29) is 6.10 Å². The van der Waals surface area contributed by atoms with E-state index < -0.39 is 16.6 Å². The molecule has 0 heterocycles. The fourth-order valence-corrected chi connectivity index (χ4v) is 2.01. The number of ketones is 1. The number of esters is 1. The lowest BCUT2D eigenvalue weighted by Gasteiger charge is -2.10. The maximum absolute atomic E-state index is 11.7. The van der Waals surface area contributed by atoms with E-state index in [1.807, 2.05) is 12.1 Å². The van der Waals surface area contributed by atoms with Crippen LogP contribution in [-0.4, -0.2) is 22.7 Å². The highest BCUT2D eigenvalue weighted by atomic mass is 79.9. The number of benzene rings is 1. The molecule has 3 nitrogen and oxygen atoms in total. The van der Waals surface area contributed by atoms with Crippen molar-refractivity contribution in [3.8, 4) is 0 Å². The van der Waals surface area contributed by atoms with Gasteiger partial charge in [0.2, 0.25) is 0 Å². The van der Waals surface area contributed by atoms with E-state index in [1.54, 1.807) is 26.0 Å². The van der Waals surface area contributed by atoms with Crippen LogP contribution >= 0.6 is 27.5 Å². The molecule has 18 heavy (non-hydrogen) atoms. The summed E-state index contributed by atoms with van der Waals surface area (Å²) in [5, 5.41) is 0.635. The maximum atomic E-state index is 11.7. The Hall–Kier alpha value is -0.870. The quantitative estimate of drug-likeness (QED) is 0.472. The lowest BCUT2D eigenvalue weighted by Crippen LogP contribution is -2.29. The lowest BCUT2D eigenvalue weighted by atomic mass is 10.1. The molecular formula is C13H14BrClO3. The topological polar surface area (TPSA) is 43.4 Å². The van der Waals surface area contributed by atoms with Gasteiger partial charge in [-0.2, -0.15) is 0 Å². The van der Waals surface area contributed by atoms with E-state index in [0.717, 1.165) is 5.56 Å². The van der Waals surface area contributed by atoms with Crippen molar-refractivity contribution in [2.45, 2.75) is 31.2 Å². The van der Waals surface area contributed by atoms with Crippen LogP contribution in [-0.2, 0) is 20.7 Å². The van der Waals surface area contributed by atoms with Gasteiger partial charge in [-0.3, -0.25) is 4.79 Å². The van der Waals surface area contributed by atoms with Crippen molar-refractivity contribution in [2.75, 3.05) is 0 Å². The summed E-state index contributed by atoms with van der Waals surface area (Å²) in [6.07, 6.45) is 0.125. The third-order valence-electron chi connectivity index (χ3n) is 2.16. The molecule has 1 aromatic carbocycles. The molecule has 0 aliphatic carbocycles. The summed E-state index contributed by atoms with van der Waals surface area (Å²) in [7, 11) is 0. The molecule has 0 spiro atoms. The van der Waals surface area contributed by atoms with E-state index in [4.69, 9.17) is 16.3 Å². The molecule has 0 amide bonds. The van der Waals surface area contributed by atoms with Crippen LogP contribution in [0.4, 0.5) is 0 Å². The minimum atomic E-state index is -0.805. The number of carbonyl (C=O) groups is 2. The molecule has 1 unspecified atom stereocenters. The molecule has 0 saturated carbocycles. The van der Waals surface area contributed by atoms with E-state index in [1.165, 1.54) is 0 Å². The molecule has 0 fully saturated rings. The summed E-state index contributed by atoms with van der Waals surface area (Å²) in [5.41, 5.74) is 0.923. The molecule has 0 aromatic heterocycles. The predicted molar refractivity (Wildman–Crippen MR) is 74.1 cm³/mol. The van der Waals surface area contributed by atoms with Gasteiger partial charge in [-0.05, 0) is 38.0 Å². The standard InChI is InChI=1S/C13H14BrClO3/c1-8(2)18-13(17)12(16)11(14)7-9-3-5-10(15)6-4-9/h3-6,8,11H,7H2,1-2H3. The highest BCUT2D eigenvalue weighted by molar-refractivity contribution is 9.10. The first-order valence-electron chi connectivity index (χ1n) is 5.53. The van der Waals surface area contributed by atoms with Crippen molar-refractivity contribution in [1.29, 1.82) is 0 Å². The second kappa shape index (κ2) is 6.90. The number of hydrogen-bond donors (Lipinski definition) is 0. The Kier molecular flexibility index (Phi) is 5.82. The summed E-state index contributed by atoms with van der Waals surface area (Å²) < 4.78 is 4.85. The van der Waals surface area contributed by atoms with E-state index >= 15 is 0 Å². The lowest BCUT2D eigenvalue weighted by molar-refractivity contribution is -0.156. The fraction of sp³-hybridized carbons (Fsp3) is 0.385. The largest absolute Gasteiger partial charge is 0.457 e. The van der Waals surface area contributed by atoms with Gasteiger partial charge < -0.3 is 4.74 Å². The maximum Gasteiger partial charge on any atom is 0.376 e. The van der Waals surface area contributed by atoms with Crippen LogP contribution in [0.5, 0.6) is 0 Å². The second-order valence-corrected chi connectivity index (χ2v) is 5.66. The highest BCUT2D eigenvalue weighted by Gasteiger charge is 2.25. The van der Waals surface area contributed by atoms with Gasteiger partial charge in [0.05, 0.1) is 10.9 Å². The smallest absolute Gasteiger partial charge is 0.376 e. The first-order chi connectivity index (χ1) is 8.40. The van der Waals surface area contributed by atoms with Gasteiger partial charge >= 0.3 is 5.97 Å². The number of hydrogen-bond acceptors (Lipinski definition) is 3. The van der Waals surface area contributed by atoms with Gasteiger partial charge in [0.1, 0.15) is 0 Å². The molecule has 1 rings (SSSR count). The Morgan fingerprint density at radius 3 is 2.33 bits per heavy atom. The van der Waals surface area contributed by atoms with E-state index in [2.05, 4.69) is 15.9 Å². The molecule has 0 saturated heterocycles. The number of halogens is 2. The summed E-state index contributed by atoms with van der Waals surface area (Å²) in [4.78, 5) is 22.5. The Morgan fingerprint density at radius 2 is 1.83 bits per heavy atom. The van der Waals surface area contributed by atoms with Crippen molar-refractivity contribution in [1.82, 2.24) is 0 Å². The first-order valence-corrected chi connectivity index (χ1v) is 6.83. The third kappa shape index (κ3) is 4.78. The Balaban J connectivity index is 2.59. The molecule has 1 atom stereocenters. The summed E-state index contributed by atoms with van der Waals surface area (Å²) >= 11 is 8.97. The van der Waals surface area contributed by atoms with Crippen LogP contribution in [0.25, 0.3) is 0 Å². The zero-order chi connectivity index (χ0) is 13.7. The molecule has 0 N–H and O–H groups in total. The molecule has 5 heteroatoms. The highest BCUT2D eigenvalue weighted by Crippen LogP contribution is 2.15. The first kappa shape index (κ1) is 15.2. The Bertz CT molecular complexity index is 428. The van der Waals surface area contributed by atoms with Crippen LogP contribution in [0.2, 0.25) is 5.02 Å². The van der Waals surface area contributed by atoms with Crippen LogP contribution in [0.15, 0.2) is 24.3 Å². The second-order valence-electron chi connectivity index (χ2n) is 4.12. The van der Waals surface area contributed by atoms with Crippen LogP contribution in [0, 0.1) is 0 Å². The minimum Gasteiger partial charge on any atom is -0.457 e. The van der Waals surface area contributed by atoms with Crippen molar-refractivity contribution >= 4 is 39.3 Å². The van der Waals surface area contributed by atoms with Gasteiger partial charge in [0.25, 0.3) is 5.78 Å². The molecular weight excluding hydrogens is 319 g/mol. The number of rotatable bonds is 5. The summed E-state index contributed by atoms with van der Waals surface area (Å²) in [5.74, 6) is -1.38. The Morgan fingerprint density at radius 1 is 1.28 bits per heavy atom. The molecule has 98 valence electrons. The molecule has 1 aromatic rings. The van der Waals surface area contributed by atoms with Crippen LogP contribution in [0.1, 0.15) is 19.4 Å². The van der Waals surface area contributed by atoms with Gasteiger partial charge in [-0.25, -0.2) is 4.79 Å². The zero-order valence-corrected chi connectivity index (χ0v) is 12.5. The van der Waals surface area contributed by atoms with Gasteiger partial charge in [-0.15, -0.1) is 0 Å². The SMILES string of the molecule is CC(C)OC(=O)C(=O)C(Br)Cc1ccc(Cl)cc1. The minimum absolute atomic E-state index is 0.295. The summed E-state index contributed by atoms with van der Waals surface area (Å²) in [6.45, 7) is 3.40. The van der Waals surface area contributed by atoms with Crippen molar-refractivity contribution in [2.24, 2.45) is 0 Å². The fourth-order valence-electron chi connectivity index (χ4n) is 1.32. The van der Waals surface area contributed by atoms with Gasteiger partial charge in [-0.1, -0.05) is 39.7 Å². The van der Waals surface area contributed by atoms with Gasteiger partial charge in [0.15, 0.2) is 0 Å². The Labute approximate surface area is 120 Å². The van der Waals surface area contributed by atoms with Gasteiger partial charge in [0, 0.05) is 5.02 Å².